The molecule has 0 fully saturated rings. The van der Waals surface area contributed by atoms with E-state index >= 15 is 0 Å². The van der Waals surface area contributed by atoms with Gasteiger partial charge in [-0.3, -0.25) is 9.97 Å². The number of rotatable bonds is 4. The topological polar surface area (TPSA) is 50.7 Å². The lowest BCUT2D eigenvalue weighted by molar-refractivity contribution is 0.587. The van der Waals surface area contributed by atoms with Gasteiger partial charge in [0, 0.05) is 23.8 Å². The van der Waals surface area contributed by atoms with Crippen molar-refractivity contribution in [3.8, 4) is 10.7 Å². The number of nitrogens with one attached hydrogen (secondary N) is 1. The largest absolute Gasteiger partial charge is 0.309 e. The fourth-order valence-corrected chi connectivity index (χ4v) is 2.30. The Morgan fingerprint density at radius 2 is 2.31 bits per heavy atom. The van der Waals surface area contributed by atoms with E-state index in [4.69, 9.17) is 0 Å². The van der Waals surface area contributed by atoms with Crippen molar-refractivity contribution in [3.05, 3.63) is 29.7 Å². The third-order valence-corrected chi connectivity index (χ3v) is 3.14. The molecule has 1 unspecified atom stereocenters. The van der Waals surface area contributed by atoms with E-state index < -0.39 is 0 Å². The van der Waals surface area contributed by atoms with E-state index in [1.807, 2.05) is 0 Å². The summed E-state index contributed by atoms with van der Waals surface area (Å²) in [6.45, 7) is 5.14. The van der Waals surface area contributed by atoms with Crippen LogP contribution in [-0.2, 0) is 0 Å². The number of aromatic nitrogens is 3. The van der Waals surface area contributed by atoms with Gasteiger partial charge in [-0.2, -0.15) is 0 Å². The summed E-state index contributed by atoms with van der Waals surface area (Å²) in [6.07, 6.45) is 5.09. The van der Waals surface area contributed by atoms with Gasteiger partial charge < -0.3 is 5.32 Å². The Kier molecular flexibility index (Phi) is 3.58. The Morgan fingerprint density at radius 1 is 1.44 bits per heavy atom. The van der Waals surface area contributed by atoms with E-state index in [-0.39, 0.29) is 6.04 Å². The van der Waals surface area contributed by atoms with E-state index in [0.717, 1.165) is 22.9 Å². The summed E-state index contributed by atoms with van der Waals surface area (Å²) in [5.41, 5.74) is 1.90. The SMILES string of the molecule is CCNC(C)c1csc(-c2cnccn2)n1. The Balaban J connectivity index is 2.20. The van der Waals surface area contributed by atoms with Crippen LogP contribution in [0.5, 0.6) is 0 Å². The number of hydrogen-bond acceptors (Lipinski definition) is 5. The third-order valence-electron chi connectivity index (χ3n) is 2.26. The maximum atomic E-state index is 4.55. The van der Waals surface area contributed by atoms with Crippen LogP contribution in [0.1, 0.15) is 25.6 Å². The van der Waals surface area contributed by atoms with E-state index in [9.17, 15) is 0 Å². The number of thiazole rings is 1. The van der Waals surface area contributed by atoms with Crippen molar-refractivity contribution in [1.29, 1.82) is 0 Å². The number of nitrogens with zero attached hydrogens (tertiary/aromatic N) is 3. The fourth-order valence-electron chi connectivity index (χ4n) is 1.42. The molecule has 0 aliphatic heterocycles. The van der Waals surface area contributed by atoms with Crippen LogP contribution in [0.4, 0.5) is 0 Å². The van der Waals surface area contributed by atoms with Crippen molar-refractivity contribution in [3.63, 3.8) is 0 Å². The van der Waals surface area contributed by atoms with E-state index in [1.54, 1.807) is 29.9 Å². The van der Waals surface area contributed by atoms with Gasteiger partial charge in [0.25, 0.3) is 0 Å². The quantitative estimate of drug-likeness (QED) is 0.881. The minimum Gasteiger partial charge on any atom is -0.309 e. The van der Waals surface area contributed by atoms with E-state index in [0.29, 0.717) is 0 Å². The standard InChI is InChI=1S/C11H14N4S/c1-3-13-8(2)10-7-16-11(15-10)9-6-12-4-5-14-9/h4-8,13H,3H2,1-2H3. The molecule has 4 nitrogen and oxygen atoms in total. The lowest BCUT2D eigenvalue weighted by Gasteiger charge is -2.07. The van der Waals surface area contributed by atoms with Gasteiger partial charge in [-0.05, 0) is 13.5 Å². The van der Waals surface area contributed by atoms with Crippen LogP contribution in [0.15, 0.2) is 24.0 Å². The molecular formula is C11H14N4S. The van der Waals surface area contributed by atoms with Crippen molar-refractivity contribution >= 4 is 11.3 Å². The fraction of sp³-hybridized carbons (Fsp3) is 0.364. The predicted octanol–water partition coefficient (Wildman–Crippen LogP) is 2.27. The summed E-state index contributed by atoms with van der Waals surface area (Å²) >= 11 is 1.60. The van der Waals surface area contributed by atoms with Gasteiger partial charge in [-0.15, -0.1) is 11.3 Å². The molecule has 2 heterocycles. The molecule has 0 saturated carbocycles. The summed E-state index contributed by atoms with van der Waals surface area (Å²) < 4.78 is 0. The molecule has 1 N–H and O–H groups in total. The predicted molar refractivity (Wildman–Crippen MR) is 65.2 cm³/mol. The molecule has 0 radical (unpaired) electrons. The lowest BCUT2D eigenvalue weighted by Crippen LogP contribution is -2.17. The van der Waals surface area contributed by atoms with Gasteiger partial charge in [0.2, 0.25) is 0 Å². The molecule has 0 bridgehead atoms. The van der Waals surface area contributed by atoms with Crippen LogP contribution in [0.2, 0.25) is 0 Å². The summed E-state index contributed by atoms with van der Waals surface area (Å²) in [6, 6.07) is 0.284. The first-order valence-electron chi connectivity index (χ1n) is 5.26. The van der Waals surface area contributed by atoms with Crippen LogP contribution in [0, 0.1) is 0 Å². The molecule has 1 atom stereocenters. The molecule has 0 aliphatic rings. The molecule has 5 heteroatoms. The van der Waals surface area contributed by atoms with Gasteiger partial charge in [0.05, 0.1) is 11.9 Å². The average molecular weight is 234 g/mol. The van der Waals surface area contributed by atoms with Gasteiger partial charge in [0.1, 0.15) is 10.7 Å². The first-order valence-corrected chi connectivity index (χ1v) is 6.14. The van der Waals surface area contributed by atoms with Gasteiger partial charge in [-0.1, -0.05) is 6.92 Å². The highest BCUT2D eigenvalue weighted by molar-refractivity contribution is 7.13. The van der Waals surface area contributed by atoms with Crippen molar-refractivity contribution < 1.29 is 0 Å². The monoisotopic (exact) mass is 234 g/mol. The van der Waals surface area contributed by atoms with E-state index in [2.05, 4.69) is 39.5 Å². The number of hydrogen-bond donors (Lipinski definition) is 1. The molecule has 0 spiro atoms. The molecule has 0 aliphatic carbocycles. The van der Waals surface area contributed by atoms with Crippen molar-refractivity contribution in [2.45, 2.75) is 19.9 Å². The van der Waals surface area contributed by atoms with Crippen molar-refractivity contribution in [1.82, 2.24) is 20.3 Å². The molecule has 0 saturated heterocycles. The maximum Gasteiger partial charge on any atom is 0.143 e. The van der Waals surface area contributed by atoms with Crippen molar-refractivity contribution in [2.24, 2.45) is 0 Å². The first kappa shape index (κ1) is 11.2. The lowest BCUT2D eigenvalue weighted by atomic mass is 10.2. The first-order chi connectivity index (χ1) is 7.81. The summed E-state index contributed by atoms with van der Waals surface area (Å²) in [5.74, 6) is 0. The van der Waals surface area contributed by atoms with Crippen LogP contribution in [0.25, 0.3) is 10.7 Å². The zero-order chi connectivity index (χ0) is 11.4. The second-order valence-electron chi connectivity index (χ2n) is 3.45. The zero-order valence-electron chi connectivity index (χ0n) is 9.34. The summed E-state index contributed by atoms with van der Waals surface area (Å²) in [5, 5.41) is 6.33. The Bertz CT molecular complexity index is 440. The van der Waals surface area contributed by atoms with Crippen LogP contribution in [0.3, 0.4) is 0 Å². The maximum absolute atomic E-state index is 4.55. The summed E-state index contributed by atoms with van der Waals surface area (Å²) in [7, 11) is 0. The van der Waals surface area contributed by atoms with Crippen LogP contribution in [-0.4, -0.2) is 21.5 Å². The average Bonchev–Trinajstić information content (AvgIpc) is 2.80. The van der Waals surface area contributed by atoms with Crippen LogP contribution < -0.4 is 5.32 Å². The van der Waals surface area contributed by atoms with Gasteiger partial charge in [0.15, 0.2) is 0 Å². The third kappa shape index (κ3) is 2.43. The smallest absolute Gasteiger partial charge is 0.143 e. The molecule has 2 aromatic rings. The minimum absolute atomic E-state index is 0.284. The minimum atomic E-state index is 0.284. The van der Waals surface area contributed by atoms with E-state index in [1.165, 1.54) is 0 Å². The van der Waals surface area contributed by atoms with Gasteiger partial charge in [-0.25, -0.2) is 4.98 Å². The highest BCUT2D eigenvalue weighted by Gasteiger charge is 2.10. The zero-order valence-corrected chi connectivity index (χ0v) is 10.2. The molecule has 0 amide bonds. The molecular weight excluding hydrogens is 220 g/mol. The van der Waals surface area contributed by atoms with Gasteiger partial charge >= 0.3 is 0 Å². The Hall–Kier alpha value is -1.33. The highest BCUT2D eigenvalue weighted by atomic mass is 32.1. The molecule has 16 heavy (non-hydrogen) atoms. The second-order valence-corrected chi connectivity index (χ2v) is 4.31. The Labute approximate surface area is 98.8 Å². The highest BCUT2D eigenvalue weighted by Crippen LogP contribution is 2.23. The van der Waals surface area contributed by atoms with Crippen molar-refractivity contribution in [2.75, 3.05) is 6.54 Å². The Morgan fingerprint density at radius 3 is 3.00 bits per heavy atom. The second kappa shape index (κ2) is 5.14. The normalized spacial score (nSPS) is 12.6. The molecule has 2 aromatic heterocycles. The summed E-state index contributed by atoms with van der Waals surface area (Å²) in [4.78, 5) is 12.8. The molecule has 2 rings (SSSR count). The molecule has 84 valence electrons. The van der Waals surface area contributed by atoms with Crippen LogP contribution >= 0.6 is 11.3 Å². The molecule has 0 aromatic carbocycles.